The van der Waals surface area contributed by atoms with Crippen molar-refractivity contribution < 1.29 is 51.0 Å². The van der Waals surface area contributed by atoms with Crippen molar-refractivity contribution in [3.63, 3.8) is 0 Å². The molecule has 0 heterocycles. The molecule has 1 N–H and O–H groups in total. The first-order valence-electron chi connectivity index (χ1n) is 4.63. The first-order chi connectivity index (χ1) is 7.43. The van der Waals surface area contributed by atoms with Crippen molar-refractivity contribution in [1.29, 1.82) is 0 Å². The second kappa shape index (κ2) is 7.41. The van der Waals surface area contributed by atoms with Crippen LogP contribution in [0.3, 0.4) is 0 Å². The van der Waals surface area contributed by atoms with E-state index < -0.39 is 14.2 Å². The van der Waals surface area contributed by atoms with Crippen LogP contribution in [-0.2, 0) is 19.7 Å². The Bertz CT molecular complexity index is 411. The van der Waals surface area contributed by atoms with Crippen LogP contribution in [0.15, 0.2) is 24.3 Å². The molecular weight excluding hydrogens is 298 g/mol. The van der Waals surface area contributed by atoms with Gasteiger partial charge in [0.15, 0.2) is 0 Å². The molecular formula is C10H12AsNaO5. The van der Waals surface area contributed by atoms with Gasteiger partial charge in [-0.1, -0.05) is 0 Å². The van der Waals surface area contributed by atoms with Crippen LogP contribution in [0.5, 0.6) is 0 Å². The molecule has 0 aromatic heterocycles. The van der Waals surface area contributed by atoms with E-state index in [4.69, 9.17) is 4.10 Å². The van der Waals surface area contributed by atoms with Gasteiger partial charge in [-0.05, 0) is 0 Å². The third kappa shape index (κ3) is 5.91. The normalized spacial score (nSPS) is 13.4. The molecule has 0 fully saturated rings. The van der Waals surface area contributed by atoms with E-state index in [1.165, 1.54) is 19.2 Å². The quantitative estimate of drug-likeness (QED) is 0.449. The summed E-state index contributed by atoms with van der Waals surface area (Å²) in [6, 6.07) is 5.81. The van der Waals surface area contributed by atoms with Crippen LogP contribution in [0.4, 0.5) is 0 Å². The zero-order valence-electron chi connectivity index (χ0n) is 9.75. The second-order valence-electron chi connectivity index (χ2n) is 3.26. The summed E-state index contributed by atoms with van der Waals surface area (Å²) in [6.07, 6.45) is 0.726. The van der Waals surface area contributed by atoms with Gasteiger partial charge in [0.25, 0.3) is 0 Å². The van der Waals surface area contributed by atoms with E-state index >= 15 is 0 Å². The van der Waals surface area contributed by atoms with Crippen molar-refractivity contribution in [2.24, 2.45) is 0 Å². The van der Waals surface area contributed by atoms with Crippen LogP contribution in [0.25, 0.3) is 0 Å². The number of methoxy groups -OCH3 is 1. The molecule has 5 nitrogen and oxygen atoms in total. The maximum atomic E-state index is 10.9. The maximum Gasteiger partial charge on any atom is 1.00 e. The topological polar surface area (TPSA) is 86.7 Å². The van der Waals surface area contributed by atoms with Crippen molar-refractivity contribution >= 4 is 24.5 Å². The zero-order valence-corrected chi connectivity index (χ0v) is 13.6. The average Bonchev–Trinajstić information content (AvgIpc) is 2.25. The monoisotopic (exact) mass is 310 g/mol. The van der Waals surface area contributed by atoms with Crippen molar-refractivity contribution in [2.45, 2.75) is 12.8 Å². The van der Waals surface area contributed by atoms with Gasteiger partial charge < -0.3 is 0 Å². The van der Waals surface area contributed by atoms with Gasteiger partial charge >= 0.3 is 125 Å². The molecule has 0 spiro atoms. The van der Waals surface area contributed by atoms with Gasteiger partial charge in [-0.25, -0.2) is 0 Å². The summed E-state index contributed by atoms with van der Waals surface area (Å²) in [5.74, 6) is -0.315. The Morgan fingerprint density at radius 3 is 2.35 bits per heavy atom. The van der Waals surface area contributed by atoms with Crippen LogP contribution in [0.2, 0.25) is 0 Å². The van der Waals surface area contributed by atoms with E-state index in [0.717, 1.165) is 5.56 Å². The first-order valence-corrected chi connectivity index (χ1v) is 7.94. The van der Waals surface area contributed by atoms with Crippen LogP contribution in [0, 0.1) is 0 Å². The molecule has 0 radical (unpaired) electrons. The Morgan fingerprint density at radius 1 is 1.41 bits per heavy atom. The summed E-state index contributed by atoms with van der Waals surface area (Å²) in [5, 5.41) is 0. The number of carbonyl (C=O) groups is 1. The molecule has 0 aliphatic carbocycles. The largest absolute Gasteiger partial charge is 1.00 e. The minimum atomic E-state index is -5.03. The smallest absolute Gasteiger partial charge is 1.00 e. The van der Waals surface area contributed by atoms with E-state index in [2.05, 4.69) is 4.74 Å². The third-order valence-corrected chi connectivity index (χ3v) is 4.10. The Labute approximate surface area is 124 Å². The van der Waals surface area contributed by atoms with Gasteiger partial charge in [-0.3, -0.25) is 0 Å². The predicted molar refractivity (Wildman–Crippen MR) is 55.1 cm³/mol. The number of aryl methyl sites for hydroxylation is 1. The SMILES string of the molecule is COC(=O)CCc1ccc([As](=O)([O-])O)cc1.[Na+]. The molecule has 88 valence electrons. The van der Waals surface area contributed by atoms with Crippen LogP contribution in [0.1, 0.15) is 12.0 Å². The fourth-order valence-electron chi connectivity index (χ4n) is 1.20. The molecule has 1 unspecified atom stereocenters. The number of hydrogen-bond donors (Lipinski definition) is 1. The summed E-state index contributed by atoms with van der Waals surface area (Å²) in [4.78, 5) is 10.9. The number of benzene rings is 1. The molecule has 0 bridgehead atoms. The Hall–Kier alpha value is -0.0316. The summed E-state index contributed by atoms with van der Waals surface area (Å²) in [5.41, 5.74) is 0.818. The molecule has 1 atom stereocenters. The second-order valence-corrected chi connectivity index (χ2v) is 6.53. The van der Waals surface area contributed by atoms with Gasteiger partial charge in [0, 0.05) is 0 Å². The molecule has 0 saturated carbocycles. The van der Waals surface area contributed by atoms with Crippen molar-refractivity contribution in [3.8, 4) is 0 Å². The van der Waals surface area contributed by atoms with Gasteiger partial charge in [0.05, 0.1) is 0 Å². The van der Waals surface area contributed by atoms with Gasteiger partial charge in [0.2, 0.25) is 0 Å². The molecule has 0 aliphatic rings. The zero-order chi connectivity index (χ0) is 12.2. The number of carbonyl (C=O) groups excluding carboxylic acids is 1. The molecule has 0 aliphatic heterocycles. The summed E-state index contributed by atoms with van der Waals surface area (Å²) in [6.45, 7) is 0. The van der Waals surface area contributed by atoms with E-state index in [1.54, 1.807) is 12.1 Å². The summed E-state index contributed by atoms with van der Waals surface area (Å²) >= 11 is -5.03. The molecule has 0 amide bonds. The van der Waals surface area contributed by atoms with Crippen molar-refractivity contribution in [1.82, 2.24) is 0 Å². The van der Waals surface area contributed by atoms with Crippen molar-refractivity contribution in [2.75, 3.05) is 7.11 Å². The predicted octanol–water partition coefficient (Wildman–Crippen LogP) is -4.27. The molecule has 0 saturated heterocycles. The van der Waals surface area contributed by atoms with Gasteiger partial charge in [0.1, 0.15) is 0 Å². The van der Waals surface area contributed by atoms with E-state index in [9.17, 15) is 12.6 Å². The molecule has 1 rings (SSSR count). The molecule has 7 heteroatoms. The number of esters is 1. The average molecular weight is 310 g/mol. The van der Waals surface area contributed by atoms with Crippen LogP contribution in [-0.4, -0.2) is 31.3 Å². The fraction of sp³-hybridized carbons (Fsp3) is 0.300. The third-order valence-electron chi connectivity index (χ3n) is 2.11. The van der Waals surface area contributed by atoms with Crippen molar-refractivity contribution in [3.05, 3.63) is 29.8 Å². The molecule has 1 aromatic carbocycles. The van der Waals surface area contributed by atoms with Crippen LogP contribution < -0.4 is 38.0 Å². The van der Waals surface area contributed by atoms with Crippen LogP contribution >= 0.6 is 0 Å². The Morgan fingerprint density at radius 2 is 1.94 bits per heavy atom. The maximum absolute atomic E-state index is 10.9. The standard InChI is InChI=1S/C10H13AsO5.Na/c1-16-10(12)7-4-8-2-5-9(6-3-8)11(13,14)15;/h2-3,5-6H,4,7H2,1H3,(H2,13,14,15);/q;+1/p-1. The minimum absolute atomic E-state index is 0. The summed E-state index contributed by atoms with van der Waals surface area (Å²) in [7, 11) is 1.31. The molecule has 1 aromatic rings. The van der Waals surface area contributed by atoms with E-state index in [1.807, 2.05) is 0 Å². The van der Waals surface area contributed by atoms with E-state index in [-0.39, 0.29) is 46.3 Å². The fourth-order valence-corrected chi connectivity index (χ4v) is 2.30. The van der Waals surface area contributed by atoms with E-state index in [0.29, 0.717) is 6.42 Å². The summed E-state index contributed by atoms with van der Waals surface area (Å²) < 4.78 is 34.9. The van der Waals surface area contributed by atoms with Gasteiger partial charge in [-0.15, -0.1) is 0 Å². The number of hydrogen-bond acceptors (Lipinski definition) is 4. The Balaban J connectivity index is 0.00000256. The molecule has 17 heavy (non-hydrogen) atoms. The number of ether oxygens (including phenoxy) is 1. The minimum Gasteiger partial charge on any atom is 1.00 e. The Kier molecular flexibility index (Phi) is 7.40. The number of rotatable bonds is 4. The first kappa shape index (κ1) is 17.0. The van der Waals surface area contributed by atoms with Gasteiger partial charge in [-0.2, -0.15) is 0 Å².